The van der Waals surface area contributed by atoms with Crippen LogP contribution in [0.15, 0.2) is 24.3 Å². The number of benzene rings is 1. The summed E-state index contributed by atoms with van der Waals surface area (Å²) in [5.74, 6) is -1.40. The van der Waals surface area contributed by atoms with Crippen molar-refractivity contribution in [1.29, 1.82) is 0 Å². The highest BCUT2D eigenvalue weighted by Gasteiger charge is 2.10. The fourth-order valence-electron chi connectivity index (χ4n) is 2.56. The first-order valence-corrected chi connectivity index (χ1v) is 8.47. The fraction of sp³-hybridized carbons (Fsp3) is 0.579. The highest BCUT2D eigenvalue weighted by Crippen LogP contribution is 2.13. The predicted octanol–water partition coefficient (Wildman–Crippen LogP) is 5.03. The van der Waals surface area contributed by atoms with Crippen molar-refractivity contribution in [3.05, 3.63) is 35.4 Å². The molecule has 0 amide bonds. The number of hydrogen-bond acceptors (Lipinski definition) is 2. The molecule has 1 rings (SSSR count). The molecule has 0 saturated carbocycles. The lowest BCUT2D eigenvalue weighted by molar-refractivity contribution is -0.135. The second-order valence-electron chi connectivity index (χ2n) is 5.92. The number of aryl methyl sites for hydroxylation is 1. The van der Waals surface area contributed by atoms with E-state index in [0.717, 1.165) is 6.42 Å². The average Bonchev–Trinajstić information content (AvgIpc) is 2.50. The van der Waals surface area contributed by atoms with Gasteiger partial charge in [0.1, 0.15) is 6.42 Å². The topological polar surface area (TPSA) is 54.4 Å². The molecule has 3 heteroatoms. The predicted molar refractivity (Wildman–Crippen MR) is 89.3 cm³/mol. The van der Waals surface area contributed by atoms with E-state index >= 15 is 0 Å². The van der Waals surface area contributed by atoms with Gasteiger partial charge < -0.3 is 5.11 Å². The van der Waals surface area contributed by atoms with Gasteiger partial charge in [-0.25, -0.2) is 0 Å². The summed E-state index contributed by atoms with van der Waals surface area (Å²) in [6, 6.07) is 7.36. The van der Waals surface area contributed by atoms with Crippen LogP contribution < -0.4 is 0 Å². The van der Waals surface area contributed by atoms with Gasteiger partial charge in [-0.1, -0.05) is 76.1 Å². The summed E-state index contributed by atoms with van der Waals surface area (Å²) < 4.78 is 0. The summed E-state index contributed by atoms with van der Waals surface area (Å²) in [5.41, 5.74) is 1.71. The Bertz CT molecular complexity index is 448. The second kappa shape index (κ2) is 11.0. The third kappa shape index (κ3) is 7.96. The largest absolute Gasteiger partial charge is 0.481 e. The van der Waals surface area contributed by atoms with Gasteiger partial charge >= 0.3 is 5.97 Å². The molecule has 1 N–H and O–H groups in total. The maximum absolute atomic E-state index is 11.6. The van der Waals surface area contributed by atoms with Gasteiger partial charge in [-0.15, -0.1) is 0 Å². The molecular formula is C19H28O3. The van der Waals surface area contributed by atoms with Gasteiger partial charge in [0, 0.05) is 5.56 Å². The van der Waals surface area contributed by atoms with Crippen molar-refractivity contribution >= 4 is 11.8 Å². The van der Waals surface area contributed by atoms with Crippen molar-refractivity contribution in [3.8, 4) is 0 Å². The molecule has 0 aliphatic rings. The molecular weight excluding hydrogens is 276 g/mol. The van der Waals surface area contributed by atoms with Crippen molar-refractivity contribution < 1.29 is 14.7 Å². The van der Waals surface area contributed by atoms with Gasteiger partial charge in [-0.05, 0) is 18.4 Å². The van der Waals surface area contributed by atoms with Crippen LogP contribution in [-0.4, -0.2) is 16.9 Å². The summed E-state index contributed by atoms with van der Waals surface area (Å²) in [6.07, 6.45) is 11.0. The third-order valence-corrected chi connectivity index (χ3v) is 3.91. The van der Waals surface area contributed by atoms with E-state index in [1.165, 1.54) is 56.9 Å². The second-order valence-corrected chi connectivity index (χ2v) is 5.92. The van der Waals surface area contributed by atoms with Crippen LogP contribution in [0.3, 0.4) is 0 Å². The lowest BCUT2D eigenvalue weighted by Gasteiger charge is -2.04. The Morgan fingerprint density at radius 3 is 1.95 bits per heavy atom. The lowest BCUT2D eigenvalue weighted by Crippen LogP contribution is -2.06. The standard InChI is InChI=1S/C19H28O3/c1-2-3-4-5-6-7-8-9-10-16-11-13-17(14-12-16)18(20)15-19(21)22/h11-14H,2-10,15H2,1H3,(H,21,22). The summed E-state index contributed by atoms with van der Waals surface area (Å²) in [5, 5.41) is 8.61. The zero-order chi connectivity index (χ0) is 16.2. The molecule has 0 unspecified atom stereocenters. The Kier molecular flexibility index (Phi) is 9.20. The molecule has 1 aromatic carbocycles. The first kappa shape index (κ1) is 18.4. The first-order chi connectivity index (χ1) is 10.6. The molecule has 122 valence electrons. The van der Waals surface area contributed by atoms with Crippen molar-refractivity contribution in [2.24, 2.45) is 0 Å². The molecule has 1 aromatic rings. The quantitative estimate of drug-likeness (QED) is 0.335. The van der Waals surface area contributed by atoms with E-state index in [-0.39, 0.29) is 5.78 Å². The van der Waals surface area contributed by atoms with Crippen LogP contribution in [0.2, 0.25) is 0 Å². The van der Waals surface area contributed by atoms with Gasteiger partial charge in [-0.2, -0.15) is 0 Å². The third-order valence-electron chi connectivity index (χ3n) is 3.91. The van der Waals surface area contributed by atoms with Crippen molar-refractivity contribution in [2.45, 2.75) is 71.1 Å². The Labute approximate surface area is 133 Å². The van der Waals surface area contributed by atoms with Gasteiger partial charge in [0.15, 0.2) is 5.78 Å². The van der Waals surface area contributed by atoms with Crippen LogP contribution >= 0.6 is 0 Å². The van der Waals surface area contributed by atoms with Gasteiger partial charge in [0.2, 0.25) is 0 Å². The van der Waals surface area contributed by atoms with E-state index in [0.29, 0.717) is 5.56 Å². The molecule has 0 aliphatic carbocycles. The molecule has 3 nitrogen and oxygen atoms in total. The summed E-state index contributed by atoms with van der Waals surface area (Å²) in [7, 11) is 0. The highest BCUT2D eigenvalue weighted by atomic mass is 16.4. The van der Waals surface area contributed by atoms with Crippen molar-refractivity contribution in [3.63, 3.8) is 0 Å². The number of carbonyl (C=O) groups excluding carboxylic acids is 1. The number of hydrogen-bond donors (Lipinski definition) is 1. The monoisotopic (exact) mass is 304 g/mol. The van der Waals surface area contributed by atoms with E-state index < -0.39 is 12.4 Å². The molecule has 0 fully saturated rings. The van der Waals surface area contributed by atoms with Crippen LogP contribution in [0, 0.1) is 0 Å². The summed E-state index contributed by atoms with van der Waals surface area (Å²) >= 11 is 0. The Hall–Kier alpha value is -1.64. The normalized spacial score (nSPS) is 10.6. The zero-order valence-electron chi connectivity index (χ0n) is 13.6. The number of carboxylic acids is 1. The molecule has 0 saturated heterocycles. The molecule has 0 aliphatic heterocycles. The molecule has 0 radical (unpaired) electrons. The SMILES string of the molecule is CCCCCCCCCCc1ccc(C(=O)CC(=O)O)cc1. The molecule has 0 heterocycles. The van der Waals surface area contributed by atoms with Crippen molar-refractivity contribution in [1.82, 2.24) is 0 Å². The maximum atomic E-state index is 11.6. The average molecular weight is 304 g/mol. The number of ketones is 1. The zero-order valence-corrected chi connectivity index (χ0v) is 13.6. The minimum atomic E-state index is -1.08. The van der Waals surface area contributed by atoms with Crippen LogP contribution in [0.5, 0.6) is 0 Å². The molecule has 0 atom stereocenters. The number of carboxylic acid groups (broad SMARTS) is 1. The van der Waals surface area contributed by atoms with E-state index in [9.17, 15) is 9.59 Å². The Morgan fingerprint density at radius 1 is 0.864 bits per heavy atom. The molecule has 0 aromatic heterocycles. The molecule has 0 bridgehead atoms. The molecule has 0 spiro atoms. The minimum Gasteiger partial charge on any atom is -0.481 e. The van der Waals surface area contributed by atoms with Crippen LogP contribution in [-0.2, 0) is 11.2 Å². The number of unbranched alkanes of at least 4 members (excludes halogenated alkanes) is 7. The number of Topliss-reactive ketones (excluding diaryl/α,β-unsaturated/α-hetero) is 1. The van der Waals surface area contributed by atoms with Gasteiger partial charge in [0.25, 0.3) is 0 Å². The van der Waals surface area contributed by atoms with E-state index in [2.05, 4.69) is 6.92 Å². The Balaban J connectivity index is 2.19. The van der Waals surface area contributed by atoms with E-state index in [4.69, 9.17) is 5.11 Å². The van der Waals surface area contributed by atoms with E-state index in [1.807, 2.05) is 12.1 Å². The molecule has 22 heavy (non-hydrogen) atoms. The van der Waals surface area contributed by atoms with E-state index in [1.54, 1.807) is 12.1 Å². The van der Waals surface area contributed by atoms with Gasteiger partial charge in [-0.3, -0.25) is 9.59 Å². The minimum absolute atomic E-state index is 0.328. The Morgan fingerprint density at radius 2 is 1.41 bits per heavy atom. The van der Waals surface area contributed by atoms with Crippen LogP contribution in [0.25, 0.3) is 0 Å². The summed E-state index contributed by atoms with van der Waals surface area (Å²) in [6.45, 7) is 2.24. The lowest BCUT2D eigenvalue weighted by atomic mass is 10.0. The van der Waals surface area contributed by atoms with Crippen LogP contribution in [0.4, 0.5) is 0 Å². The fourth-order valence-corrected chi connectivity index (χ4v) is 2.56. The van der Waals surface area contributed by atoms with Gasteiger partial charge in [0.05, 0.1) is 0 Å². The highest BCUT2D eigenvalue weighted by molar-refractivity contribution is 6.05. The number of rotatable bonds is 12. The smallest absolute Gasteiger partial charge is 0.311 e. The maximum Gasteiger partial charge on any atom is 0.311 e. The summed E-state index contributed by atoms with van der Waals surface area (Å²) in [4.78, 5) is 22.1. The number of carbonyl (C=O) groups is 2. The first-order valence-electron chi connectivity index (χ1n) is 8.47. The van der Waals surface area contributed by atoms with Crippen molar-refractivity contribution in [2.75, 3.05) is 0 Å². The number of aliphatic carboxylic acids is 1. The van der Waals surface area contributed by atoms with Crippen LogP contribution in [0.1, 0.15) is 80.6 Å².